The van der Waals surface area contributed by atoms with Crippen LogP contribution in [0.5, 0.6) is 0 Å². The summed E-state index contributed by atoms with van der Waals surface area (Å²) in [7, 11) is 0. The van der Waals surface area contributed by atoms with Crippen LogP contribution in [-0.4, -0.2) is 12.3 Å². The molecule has 3 rings (SSSR count). The molecule has 17 heavy (non-hydrogen) atoms. The quantitative estimate of drug-likeness (QED) is 0.820. The van der Waals surface area contributed by atoms with Crippen LogP contribution in [0.4, 0.5) is 5.69 Å². The van der Waals surface area contributed by atoms with Crippen molar-refractivity contribution in [3.8, 4) is 0 Å². The van der Waals surface area contributed by atoms with Crippen molar-refractivity contribution >= 4 is 22.8 Å². The van der Waals surface area contributed by atoms with Crippen LogP contribution >= 0.6 is 11.3 Å². The van der Waals surface area contributed by atoms with Gasteiger partial charge in [-0.3, -0.25) is 4.79 Å². The highest BCUT2D eigenvalue weighted by atomic mass is 32.1. The zero-order chi connectivity index (χ0) is 11.8. The number of aryl methyl sites for hydroxylation is 1. The van der Waals surface area contributed by atoms with E-state index in [1.165, 1.54) is 16.9 Å². The van der Waals surface area contributed by atoms with E-state index < -0.39 is 0 Å². The molecule has 1 aromatic heterocycles. The highest BCUT2D eigenvalue weighted by Crippen LogP contribution is 2.26. The molecule has 0 atom stereocenters. The van der Waals surface area contributed by atoms with Crippen LogP contribution in [0.1, 0.15) is 26.4 Å². The molecule has 1 aliphatic heterocycles. The zero-order valence-corrected chi connectivity index (χ0v) is 10.4. The fourth-order valence-electron chi connectivity index (χ4n) is 2.17. The summed E-state index contributed by atoms with van der Waals surface area (Å²) in [6, 6.07) is 7.96. The highest BCUT2D eigenvalue weighted by molar-refractivity contribution is 7.12. The Kier molecular flexibility index (Phi) is 2.48. The van der Waals surface area contributed by atoms with E-state index in [9.17, 15) is 4.79 Å². The molecule has 0 aliphatic carbocycles. The monoisotopic (exact) mass is 243 g/mol. The van der Waals surface area contributed by atoms with Gasteiger partial charge in [0.1, 0.15) is 0 Å². The second-order valence-corrected chi connectivity index (χ2v) is 5.23. The first-order valence-corrected chi connectivity index (χ1v) is 6.59. The summed E-state index contributed by atoms with van der Waals surface area (Å²) in [5.41, 5.74) is 4.27. The van der Waals surface area contributed by atoms with E-state index in [-0.39, 0.29) is 5.78 Å². The lowest BCUT2D eigenvalue weighted by molar-refractivity contribution is 0.104. The summed E-state index contributed by atoms with van der Waals surface area (Å²) in [4.78, 5) is 13.2. The molecular weight excluding hydrogens is 230 g/mol. The Labute approximate surface area is 104 Å². The lowest BCUT2D eigenvalue weighted by Gasteiger charge is -2.04. The number of fused-ring (bicyclic) bond motifs is 1. The lowest BCUT2D eigenvalue weighted by atomic mass is 10.0. The Balaban J connectivity index is 2.00. The third-order valence-electron chi connectivity index (χ3n) is 3.15. The Hall–Kier alpha value is -1.61. The van der Waals surface area contributed by atoms with Crippen molar-refractivity contribution in [3.63, 3.8) is 0 Å². The van der Waals surface area contributed by atoms with E-state index in [1.54, 1.807) is 0 Å². The van der Waals surface area contributed by atoms with Crippen LogP contribution in [0.3, 0.4) is 0 Å². The Morgan fingerprint density at radius 1 is 1.35 bits per heavy atom. The third-order valence-corrected chi connectivity index (χ3v) is 4.17. The second-order valence-electron chi connectivity index (χ2n) is 4.31. The number of carbonyl (C=O) groups is 1. The number of benzene rings is 1. The second kappa shape index (κ2) is 4.00. The van der Waals surface area contributed by atoms with Crippen LogP contribution in [-0.2, 0) is 6.42 Å². The van der Waals surface area contributed by atoms with E-state index in [1.807, 2.05) is 30.5 Å². The van der Waals surface area contributed by atoms with Gasteiger partial charge in [-0.15, -0.1) is 11.3 Å². The average Bonchev–Trinajstić information content (AvgIpc) is 2.95. The van der Waals surface area contributed by atoms with Crippen LogP contribution < -0.4 is 5.32 Å². The normalized spacial score (nSPS) is 13.2. The minimum atomic E-state index is 0.133. The minimum Gasteiger partial charge on any atom is -0.384 e. The largest absolute Gasteiger partial charge is 0.384 e. The van der Waals surface area contributed by atoms with Crippen molar-refractivity contribution in [2.75, 3.05) is 11.9 Å². The standard InChI is InChI=1S/C14H13NOS/c1-9-5-7-17-14(9)13(16)11-3-2-10-4-6-15-12(10)8-11/h2-3,5,7-8,15H,4,6H2,1H3. The van der Waals surface area contributed by atoms with Gasteiger partial charge in [-0.2, -0.15) is 0 Å². The van der Waals surface area contributed by atoms with Crippen molar-refractivity contribution in [2.24, 2.45) is 0 Å². The summed E-state index contributed by atoms with van der Waals surface area (Å²) in [6.45, 7) is 2.96. The molecule has 2 heterocycles. The topological polar surface area (TPSA) is 29.1 Å². The molecule has 0 radical (unpaired) electrons. The molecule has 86 valence electrons. The molecule has 3 heteroatoms. The SMILES string of the molecule is Cc1ccsc1C(=O)c1ccc2c(c1)NCC2. The van der Waals surface area contributed by atoms with Crippen LogP contribution in [0, 0.1) is 6.92 Å². The molecule has 1 N–H and O–H groups in total. The van der Waals surface area contributed by atoms with Crippen molar-refractivity contribution < 1.29 is 4.79 Å². The van der Waals surface area contributed by atoms with Gasteiger partial charge in [0.2, 0.25) is 5.78 Å². The lowest BCUT2D eigenvalue weighted by Crippen LogP contribution is -2.01. The fourth-order valence-corrected chi connectivity index (χ4v) is 3.06. The summed E-state index contributed by atoms with van der Waals surface area (Å²) in [5.74, 6) is 0.133. The fraction of sp³-hybridized carbons (Fsp3) is 0.214. The van der Waals surface area contributed by atoms with Gasteiger partial charge in [-0.05, 0) is 42.0 Å². The van der Waals surface area contributed by atoms with Crippen LogP contribution in [0.2, 0.25) is 0 Å². The molecule has 2 aromatic rings. The molecule has 0 unspecified atom stereocenters. The maximum atomic E-state index is 12.3. The number of carbonyl (C=O) groups excluding carboxylic acids is 1. The smallest absolute Gasteiger partial charge is 0.203 e. The van der Waals surface area contributed by atoms with Crippen molar-refractivity contribution in [2.45, 2.75) is 13.3 Å². The summed E-state index contributed by atoms with van der Waals surface area (Å²) < 4.78 is 0. The van der Waals surface area contributed by atoms with Crippen molar-refractivity contribution in [3.05, 3.63) is 51.2 Å². The maximum absolute atomic E-state index is 12.3. The van der Waals surface area contributed by atoms with E-state index in [0.29, 0.717) is 0 Å². The number of hydrogen-bond acceptors (Lipinski definition) is 3. The van der Waals surface area contributed by atoms with Crippen LogP contribution in [0.25, 0.3) is 0 Å². The number of rotatable bonds is 2. The van der Waals surface area contributed by atoms with Gasteiger partial charge in [-0.25, -0.2) is 0 Å². The first-order valence-electron chi connectivity index (χ1n) is 5.71. The Morgan fingerprint density at radius 3 is 3.00 bits per heavy atom. The first kappa shape index (κ1) is 10.5. The highest BCUT2D eigenvalue weighted by Gasteiger charge is 2.16. The van der Waals surface area contributed by atoms with Gasteiger partial charge in [0, 0.05) is 17.8 Å². The predicted octanol–water partition coefficient (Wildman–Crippen LogP) is 3.26. The molecule has 0 saturated heterocycles. The minimum absolute atomic E-state index is 0.133. The number of hydrogen-bond donors (Lipinski definition) is 1. The average molecular weight is 243 g/mol. The van der Waals surface area contributed by atoms with Gasteiger partial charge in [0.15, 0.2) is 0 Å². The molecule has 1 aliphatic rings. The van der Waals surface area contributed by atoms with E-state index in [2.05, 4.69) is 11.4 Å². The molecule has 0 saturated carbocycles. The Morgan fingerprint density at radius 2 is 2.24 bits per heavy atom. The van der Waals surface area contributed by atoms with Gasteiger partial charge in [0.25, 0.3) is 0 Å². The van der Waals surface area contributed by atoms with Gasteiger partial charge in [0.05, 0.1) is 4.88 Å². The van der Waals surface area contributed by atoms with Gasteiger partial charge in [-0.1, -0.05) is 12.1 Å². The number of ketones is 1. The molecule has 0 amide bonds. The van der Waals surface area contributed by atoms with E-state index in [4.69, 9.17) is 0 Å². The first-order chi connectivity index (χ1) is 8.25. The summed E-state index contributed by atoms with van der Waals surface area (Å²) in [5, 5.41) is 5.27. The Bertz CT molecular complexity index is 586. The van der Waals surface area contributed by atoms with Gasteiger partial charge >= 0.3 is 0 Å². The molecule has 2 nitrogen and oxygen atoms in total. The van der Waals surface area contributed by atoms with Gasteiger partial charge < -0.3 is 5.32 Å². The van der Waals surface area contributed by atoms with Crippen molar-refractivity contribution in [1.29, 1.82) is 0 Å². The summed E-state index contributed by atoms with van der Waals surface area (Å²) >= 11 is 1.52. The maximum Gasteiger partial charge on any atom is 0.203 e. The zero-order valence-electron chi connectivity index (χ0n) is 9.62. The van der Waals surface area contributed by atoms with E-state index >= 15 is 0 Å². The van der Waals surface area contributed by atoms with Crippen LogP contribution in [0.15, 0.2) is 29.6 Å². The predicted molar refractivity (Wildman–Crippen MR) is 71.1 cm³/mol. The van der Waals surface area contributed by atoms with Crippen molar-refractivity contribution in [1.82, 2.24) is 0 Å². The molecule has 1 aromatic carbocycles. The number of thiophene rings is 1. The summed E-state index contributed by atoms with van der Waals surface area (Å²) in [6.07, 6.45) is 1.06. The molecule has 0 spiro atoms. The molecular formula is C14H13NOS. The third kappa shape index (κ3) is 1.76. The molecule has 0 bridgehead atoms. The molecule has 0 fully saturated rings. The number of nitrogens with one attached hydrogen (secondary N) is 1. The van der Waals surface area contributed by atoms with E-state index in [0.717, 1.165) is 34.7 Å². The number of anilines is 1.